The lowest BCUT2D eigenvalue weighted by Gasteiger charge is -2.32. The van der Waals surface area contributed by atoms with Crippen LogP contribution in [-0.4, -0.2) is 48.6 Å². The van der Waals surface area contributed by atoms with Gasteiger partial charge in [-0.05, 0) is 45.9 Å². The summed E-state index contributed by atoms with van der Waals surface area (Å²) in [5.74, 6) is 0. The summed E-state index contributed by atoms with van der Waals surface area (Å²) in [4.78, 5) is 12.0. The van der Waals surface area contributed by atoms with Gasteiger partial charge < -0.3 is 20.3 Å². The normalized spacial score (nSPS) is 23.9. The van der Waals surface area contributed by atoms with Crippen molar-refractivity contribution in [3.63, 3.8) is 0 Å². The van der Waals surface area contributed by atoms with Crippen molar-refractivity contribution in [3.05, 3.63) is 40.8 Å². The zero-order valence-electron chi connectivity index (χ0n) is 15.3. The van der Waals surface area contributed by atoms with Crippen molar-refractivity contribution < 1.29 is 28.2 Å². The number of aryl methyl sites for hydroxylation is 1. The van der Waals surface area contributed by atoms with Gasteiger partial charge in [0.15, 0.2) is 0 Å². The molecule has 0 fully saturated rings. The Hall–Kier alpha value is -1.90. The van der Waals surface area contributed by atoms with Crippen molar-refractivity contribution in [1.29, 1.82) is 0 Å². The average molecular weight is 383 g/mol. The van der Waals surface area contributed by atoms with Crippen LogP contribution in [0, 0.1) is 6.92 Å². The molecule has 8 heteroatoms. The van der Waals surface area contributed by atoms with Gasteiger partial charge >= 0.3 is 6.09 Å². The number of amides is 1. The largest absolute Gasteiger partial charge is 0.444 e. The molecule has 1 amide bonds. The summed E-state index contributed by atoms with van der Waals surface area (Å²) >= 11 is 0. The fourth-order valence-corrected chi connectivity index (χ4v) is 4.11. The Balaban J connectivity index is 2.24. The number of rotatable bonds is 3. The molecule has 144 valence electrons. The number of ether oxygens (including phenoxy) is 1. The third kappa shape index (κ3) is 4.84. The summed E-state index contributed by atoms with van der Waals surface area (Å²) in [5.41, 5.74) is 0.177. The Labute approximate surface area is 153 Å². The Bertz CT molecular complexity index is 792. The standard InChI is InChI=1S/C18H25NO6S/c1-11-5-7-12(8-6-11)26(23,24)13-9-14(16(21)15(20)10-13)19-17(22)25-18(2,3)4/h5-8,10,14-16,20-21H,9H2,1-4H3,(H,19,22)/t14-,15+,16-/m0/s1. The van der Waals surface area contributed by atoms with E-state index in [-0.39, 0.29) is 16.2 Å². The van der Waals surface area contributed by atoms with E-state index < -0.39 is 39.8 Å². The predicted molar refractivity (Wildman–Crippen MR) is 96.2 cm³/mol. The highest BCUT2D eigenvalue weighted by Gasteiger charge is 2.37. The van der Waals surface area contributed by atoms with Crippen molar-refractivity contribution in [1.82, 2.24) is 5.32 Å². The number of benzene rings is 1. The molecule has 1 aliphatic carbocycles. The van der Waals surface area contributed by atoms with Crippen LogP contribution in [0.5, 0.6) is 0 Å². The maximum absolute atomic E-state index is 12.8. The van der Waals surface area contributed by atoms with Gasteiger partial charge in [-0.2, -0.15) is 0 Å². The minimum atomic E-state index is -3.84. The third-order valence-electron chi connectivity index (χ3n) is 3.92. The van der Waals surface area contributed by atoms with Crippen molar-refractivity contribution in [2.45, 2.75) is 62.9 Å². The molecule has 1 aromatic carbocycles. The van der Waals surface area contributed by atoms with Gasteiger partial charge in [-0.1, -0.05) is 17.7 Å². The first-order chi connectivity index (χ1) is 11.9. The lowest BCUT2D eigenvalue weighted by Crippen LogP contribution is -2.51. The van der Waals surface area contributed by atoms with E-state index in [2.05, 4.69) is 5.32 Å². The topological polar surface area (TPSA) is 113 Å². The fourth-order valence-electron chi connectivity index (χ4n) is 2.60. The van der Waals surface area contributed by atoms with Gasteiger partial charge in [-0.25, -0.2) is 13.2 Å². The van der Waals surface area contributed by atoms with Crippen molar-refractivity contribution in [3.8, 4) is 0 Å². The third-order valence-corrected chi connectivity index (χ3v) is 5.80. The summed E-state index contributed by atoms with van der Waals surface area (Å²) in [6.07, 6.45) is -2.57. The molecule has 0 aliphatic heterocycles. The molecule has 7 nitrogen and oxygen atoms in total. The minimum absolute atomic E-state index is 0.0554. The van der Waals surface area contributed by atoms with E-state index in [0.29, 0.717) is 0 Å². The second-order valence-electron chi connectivity index (χ2n) is 7.39. The van der Waals surface area contributed by atoms with Crippen LogP contribution in [0.2, 0.25) is 0 Å². The highest BCUT2D eigenvalue weighted by molar-refractivity contribution is 7.95. The molecule has 0 bridgehead atoms. The second kappa shape index (κ2) is 7.38. The Morgan fingerprint density at radius 3 is 2.31 bits per heavy atom. The molecular formula is C18H25NO6S. The second-order valence-corrected chi connectivity index (χ2v) is 9.39. The Morgan fingerprint density at radius 2 is 1.77 bits per heavy atom. The average Bonchev–Trinajstić information content (AvgIpc) is 2.50. The van der Waals surface area contributed by atoms with E-state index in [0.717, 1.165) is 11.6 Å². The monoisotopic (exact) mass is 383 g/mol. The molecule has 0 aromatic heterocycles. The quantitative estimate of drug-likeness (QED) is 0.732. The number of carbonyl (C=O) groups is 1. The van der Waals surface area contributed by atoms with Crippen LogP contribution in [0.1, 0.15) is 32.8 Å². The molecule has 3 atom stereocenters. The van der Waals surface area contributed by atoms with E-state index in [1.54, 1.807) is 32.9 Å². The molecule has 26 heavy (non-hydrogen) atoms. The van der Waals surface area contributed by atoms with Crippen LogP contribution in [0.25, 0.3) is 0 Å². The highest BCUT2D eigenvalue weighted by atomic mass is 32.2. The van der Waals surface area contributed by atoms with Crippen LogP contribution < -0.4 is 5.32 Å². The number of nitrogens with one attached hydrogen (secondary N) is 1. The minimum Gasteiger partial charge on any atom is -0.444 e. The van der Waals surface area contributed by atoms with Crippen LogP contribution in [0.4, 0.5) is 4.79 Å². The highest BCUT2D eigenvalue weighted by Crippen LogP contribution is 2.29. The SMILES string of the molecule is Cc1ccc(S(=O)(=O)C2=C[C@@H](O)[C@@H](O)[C@@H](NC(=O)OC(C)(C)C)C2)cc1. The molecule has 0 radical (unpaired) electrons. The first-order valence-electron chi connectivity index (χ1n) is 8.28. The molecular weight excluding hydrogens is 358 g/mol. The Morgan fingerprint density at radius 1 is 1.19 bits per heavy atom. The summed E-state index contributed by atoms with van der Waals surface area (Å²) in [6, 6.07) is 5.34. The zero-order valence-corrected chi connectivity index (χ0v) is 16.1. The smallest absolute Gasteiger partial charge is 0.407 e. The number of aliphatic hydroxyl groups is 2. The van der Waals surface area contributed by atoms with Gasteiger partial charge in [0.05, 0.1) is 15.8 Å². The van der Waals surface area contributed by atoms with Crippen molar-refractivity contribution in [2.75, 3.05) is 0 Å². The van der Waals surface area contributed by atoms with Gasteiger partial charge in [0.2, 0.25) is 9.84 Å². The molecule has 0 heterocycles. The molecule has 2 rings (SSSR count). The molecule has 0 saturated carbocycles. The van der Waals surface area contributed by atoms with Crippen LogP contribution in [0.3, 0.4) is 0 Å². The zero-order chi connectivity index (χ0) is 19.7. The first-order valence-corrected chi connectivity index (χ1v) is 9.76. The number of sulfone groups is 1. The van der Waals surface area contributed by atoms with Crippen LogP contribution in [0.15, 0.2) is 40.1 Å². The summed E-state index contributed by atoms with van der Waals surface area (Å²) in [5, 5.41) is 22.6. The first kappa shape index (κ1) is 20.4. The molecule has 3 N–H and O–H groups in total. The van der Waals surface area contributed by atoms with E-state index >= 15 is 0 Å². The number of aliphatic hydroxyl groups excluding tert-OH is 2. The molecule has 0 saturated heterocycles. The van der Waals surface area contributed by atoms with E-state index in [1.165, 1.54) is 12.1 Å². The molecule has 0 unspecified atom stereocenters. The summed E-state index contributed by atoms with van der Waals surface area (Å²) in [6.45, 7) is 6.90. The van der Waals surface area contributed by atoms with E-state index in [4.69, 9.17) is 4.74 Å². The number of carbonyl (C=O) groups excluding carboxylic acids is 1. The van der Waals surface area contributed by atoms with Crippen LogP contribution >= 0.6 is 0 Å². The van der Waals surface area contributed by atoms with Gasteiger partial charge in [-0.3, -0.25) is 0 Å². The lowest BCUT2D eigenvalue weighted by atomic mass is 9.96. The van der Waals surface area contributed by atoms with Gasteiger partial charge in [-0.15, -0.1) is 0 Å². The molecule has 0 spiro atoms. The fraction of sp³-hybridized carbons (Fsp3) is 0.500. The summed E-state index contributed by atoms with van der Waals surface area (Å²) in [7, 11) is -3.84. The maximum Gasteiger partial charge on any atom is 0.407 e. The number of hydrogen-bond donors (Lipinski definition) is 3. The van der Waals surface area contributed by atoms with Gasteiger partial charge in [0.1, 0.15) is 17.8 Å². The van der Waals surface area contributed by atoms with Gasteiger partial charge in [0, 0.05) is 6.42 Å². The van der Waals surface area contributed by atoms with Crippen LogP contribution in [-0.2, 0) is 14.6 Å². The van der Waals surface area contributed by atoms with Crippen molar-refractivity contribution in [2.24, 2.45) is 0 Å². The van der Waals surface area contributed by atoms with E-state index in [1.807, 2.05) is 6.92 Å². The Kier molecular flexibility index (Phi) is 5.79. The predicted octanol–water partition coefficient (Wildman–Crippen LogP) is 1.67. The molecule has 1 aliphatic rings. The van der Waals surface area contributed by atoms with Crippen molar-refractivity contribution >= 4 is 15.9 Å². The van der Waals surface area contributed by atoms with Gasteiger partial charge in [0.25, 0.3) is 0 Å². The molecule has 1 aromatic rings. The number of alkyl carbamates (subject to hydrolysis) is 1. The number of hydrogen-bond acceptors (Lipinski definition) is 6. The van der Waals surface area contributed by atoms with E-state index in [9.17, 15) is 23.4 Å². The summed E-state index contributed by atoms with van der Waals surface area (Å²) < 4.78 is 30.7. The maximum atomic E-state index is 12.8. The lowest BCUT2D eigenvalue weighted by molar-refractivity contribution is 0.00674.